The molecule has 0 fully saturated rings. The number of nitriles is 1. The molecule has 1 heterocycles. The summed E-state index contributed by atoms with van der Waals surface area (Å²) in [6.45, 7) is 1.85. The minimum atomic E-state index is -0.282. The van der Waals surface area contributed by atoms with Crippen molar-refractivity contribution in [2.45, 2.75) is 18.4 Å². The summed E-state index contributed by atoms with van der Waals surface area (Å²) in [6.07, 6.45) is 0. The summed E-state index contributed by atoms with van der Waals surface area (Å²) in [7, 11) is 0. The van der Waals surface area contributed by atoms with Crippen molar-refractivity contribution < 1.29 is 8.91 Å². The van der Waals surface area contributed by atoms with Gasteiger partial charge in [-0.25, -0.2) is 4.39 Å². The number of hydrogen-bond acceptors (Lipinski definition) is 4. The fraction of sp³-hybridized carbons (Fsp3) is 0.231. The Balaban J connectivity index is 1.96. The van der Waals surface area contributed by atoms with Crippen LogP contribution >= 0.6 is 11.8 Å². The molecule has 5 heteroatoms. The lowest BCUT2D eigenvalue weighted by atomic mass is 10.1. The molecular weight excluding hydrogens is 251 g/mol. The largest absolute Gasteiger partial charge is 0.360 e. The zero-order valence-electron chi connectivity index (χ0n) is 9.81. The van der Waals surface area contributed by atoms with Crippen molar-refractivity contribution in [3.05, 3.63) is 52.7 Å². The maximum Gasteiger partial charge on any atom is 0.146 e. The topological polar surface area (TPSA) is 49.8 Å². The normalized spacial score (nSPS) is 10.3. The fourth-order valence-electron chi connectivity index (χ4n) is 1.50. The Morgan fingerprint density at radius 3 is 2.89 bits per heavy atom. The average molecular weight is 262 g/mol. The van der Waals surface area contributed by atoms with E-state index in [9.17, 15) is 4.39 Å². The van der Waals surface area contributed by atoms with Crippen LogP contribution in [0.15, 0.2) is 28.8 Å². The van der Waals surface area contributed by atoms with Gasteiger partial charge in [0, 0.05) is 11.8 Å². The Morgan fingerprint density at radius 2 is 2.22 bits per heavy atom. The summed E-state index contributed by atoms with van der Waals surface area (Å²) in [6, 6.07) is 8.24. The van der Waals surface area contributed by atoms with E-state index in [1.165, 1.54) is 23.9 Å². The minimum absolute atomic E-state index is 0.282. The number of hydrogen-bond donors (Lipinski definition) is 0. The van der Waals surface area contributed by atoms with Gasteiger partial charge in [0.25, 0.3) is 0 Å². The first-order chi connectivity index (χ1) is 8.69. The zero-order chi connectivity index (χ0) is 13.0. The molecule has 0 atom stereocenters. The quantitative estimate of drug-likeness (QED) is 0.847. The molecule has 0 saturated heterocycles. The van der Waals surface area contributed by atoms with Gasteiger partial charge in [-0.3, -0.25) is 0 Å². The molecule has 0 amide bonds. The van der Waals surface area contributed by atoms with E-state index < -0.39 is 0 Å². The smallest absolute Gasteiger partial charge is 0.146 e. The molecule has 1 aromatic heterocycles. The van der Waals surface area contributed by atoms with Crippen LogP contribution in [-0.2, 0) is 11.5 Å². The number of nitrogens with zero attached hydrogens (tertiary/aromatic N) is 2. The maximum absolute atomic E-state index is 13.5. The number of thioether (sulfide) groups is 1. The van der Waals surface area contributed by atoms with E-state index in [0.717, 1.165) is 11.5 Å². The first-order valence-corrected chi connectivity index (χ1v) is 6.53. The highest BCUT2D eigenvalue weighted by Crippen LogP contribution is 2.21. The van der Waals surface area contributed by atoms with E-state index >= 15 is 0 Å². The van der Waals surface area contributed by atoms with Gasteiger partial charge in [-0.1, -0.05) is 5.16 Å². The monoisotopic (exact) mass is 262 g/mol. The molecule has 0 spiro atoms. The third-order valence-electron chi connectivity index (χ3n) is 2.35. The lowest BCUT2D eigenvalue weighted by Crippen LogP contribution is -1.89. The summed E-state index contributed by atoms with van der Waals surface area (Å²) >= 11 is 1.52. The van der Waals surface area contributed by atoms with Crippen LogP contribution in [0.2, 0.25) is 0 Å². The molecule has 3 nitrogen and oxygen atoms in total. The molecule has 2 aromatic rings. The first kappa shape index (κ1) is 12.7. The molecule has 1 aromatic carbocycles. The Hall–Kier alpha value is -1.80. The standard InChI is InChI=1S/C13H11FN2OS/c1-9-4-12(17-16-9)8-18-7-11-5-10(6-15)2-3-13(11)14/h2-5H,7-8H2,1H3. The lowest BCUT2D eigenvalue weighted by molar-refractivity contribution is 0.391. The van der Waals surface area contributed by atoms with Gasteiger partial charge in [0.1, 0.15) is 11.6 Å². The third kappa shape index (κ3) is 3.11. The molecule has 0 aliphatic heterocycles. The second-order valence-electron chi connectivity index (χ2n) is 3.85. The van der Waals surface area contributed by atoms with Crippen LogP contribution in [0, 0.1) is 24.1 Å². The van der Waals surface area contributed by atoms with Gasteiger partial charge in [0.15, 0.2) is 0 Å². The highest BCUT2D eigenvalue weighted by Gasteiger charge is 2.06. The third-order valence-corrected chi connectivity index (χ3v) is 3.36. The van der Waals surface area contributed by atoms with E-state index in [4.69, 9.17) is 9.78 Å². The first-order valence-electron chi connectivity index (χ1n) is 5.37. The number of aromatic nitrogens is 1. The van der Waals surface area contributed by atoms with Crippen LogP contribution in [0.4, 0.5) is 4.39 Å². The van der Waals surface area contributed by atoms with Gasteiger partial charge < -0.3 is 4.52 Å². The van der Waals surface area contributed by atoms with Crippen LogP contribution in [-0.4, -0.2) is 5.16 Å². The molecule has 0 N–H and O–H groups in total. The number of halogens is 1. The molecule has 0 saturated carbocycles. The van der Waals surface area contributed by atoms with Gasteiger partial charge in [-0.05, 0) is 30.7 Å². The van der Waals surface area contributed by atoms with Crippen molar-refractivity contribution in [1.82, 2.24) is 5.16 Å². The van der Waals surface area contributed by atoms with E-state index in [1.807, 2.05) is 19.1 Å². The van der Waals surface area contributed by atoms with Gasteiger partial charge in [0.2, 0.25) is 0 Å². The predicted octanol–water partition coefficient (Wildman–Crippen LogP) is 3.43. The molecule has 92 valence electrons. The van der Waals surface area contributed by atoms with Gasteiger partial charge >= 0.3 is 0 Å². The fourth-order valence-corrected chi connectivity index (χ4v) is 2.38. The molecule has 2 rings (SSSR count). The number of rotatable bonds is 4. The summed E-state index contributed by atoms with van der Waals surface area (Å²) in [5.41, 5.74) is 1.85. The highest BCUT2D eigenvalue weighted by atomic mass is 32.2. The summed E-state index contributed by atoms with van der Waals surface area (Å²) in [5, 5.41) is 12.5. The molecule has 18 heavy (non-hydrogen) atoms. The van der Waals surface area contributed by atoms with E-state index in [0.29, 0.717) is 22.6 Å². The minimum Gasteiger partial charge on any atom is -0.360 e. The van der Waals surface area contributed by atoms with Gasteiger partial charge in [0.05, 0.1) is 23.1 Å². The molecule has 0 unspecified atom stereocenters. The Kier molecular flexibility index (Phi) is 4.00. The summed E-state index contributed by atoms with van der Waals surface area (Å²) < 4.78 is 18.5. The number of aryl methyl sites for hydroxylation is 1. The Labute approximate surface area is 109 Å². The van der Waals surface area contributed by atoms with E-state index in [1.54, 1.807) is 6.07 Å². The van der Waals surface area contributed by atoms with Crippen LogP contribution in [0.5, 0.6) is 0 Å². The molecule has 0 aliphatic rings. The number of benzene rings is 1. The summed E-state index contributed by atoms with van der Waals surface area (Å²) in [4.78, 5) is 0. The van der Waals surface area contributed by atoms with Gasteiger partial charge in [-0.15, -0.1) is 11.8 Å². The van der Waals surface area contributed by atoms with Crippen LogP contribution < -0.4 is 0 Å². The van der Waals surface area contributed by atoms with Crippen molar-refractivity contribution >= 4 is 11.8 Å². The maximum atomic E-state index is 13.5. The highest BCUT2D eigenvalue weighted by molar-refractivity contribution is 7.97. The van der Waals surface area contributed by atoms with Crippen molar-refractivity contribution in [1.29, 1.82) is 5.26 Å². The molecule has 0 bridgehead atoms. The second kappa shape index (κ2) is 5.69. The average Bonchev–Trinajstić information content (AvgIpc) is 2.77. The Morgan fingerprint density at radius 1 is 1.39 bits per heavy atom. The second-order valence-corrected chi connectivity index (χ2v) is 4.83. The van der Waals surface area contributed by atoms with Crippen molar-refractivity contribution in [2.24, 2.45) is 0 Å². The summed E-state index contributed by atoms with van der Waals surface area (Å²) in [5.74, 6) is 1.63. The van der Waals surface area contributed by atoms with Crippen LogP contribution in [0.1, 0.15) is 22.6 Å². The SMILES string of the molecule is Cc1cc(CSCc2cc(C#N)ccc2F)on1. The van der Waals surface area contributed by atoms with Crippen molar-refractivity contribution in [2.75, 3.05) is 0 Å². The van der Waals surface area contributed by atoms with E-state index in [-0.39, 0.29) is 5.82 Å². The lowest BCUT2D eigenvalue weighted by Gasteiger charge is -2.02. The van der Waals surface area contributed by atoms with Crippen molar-refractivity contribution in [3.63, 3.8) is 0 Å². The predicted molar refractivity (Wildman–Crippen MR) is 67.4 cm³/mol. The zero-order valence-corrected chi connectivity index (χ0v) is 10.6. The molecule has 0 radical (unpaired) electrons. The van der Waals surface area contributed by atoms with Gasteiger partial charge in [-0.2, -0.15) is 5.26 Å². The molecular formula is C13H11FN2OS. The van der Waals surface area contributed by atoms with Crippen LogP contribution in [0.3, 0.4) is 0 Å². The molecule has 0 aliphatic carbocycles. The van der Waals surface area contributed by atoms with E-state index in [2.05, 4.69) is 5.16 Å². The van der Waals surface area contributed by atoms with Crippen molar-refractivity contribution in [3.8, 4) is 6.07 Å². The van der Waals surface area contributed by atoms with Crippen LogP contribution in [0.25, 0.3) is 0 Å². The Bertz CT molecular complexity index is 589.